The van der Waals surface area contributed by atoms with Gasteiger partial charge in [-0.15, -0.1) is 0 Å². The highest BCUT2D eigenvalue weighted by molar-refractivity contribution is 7.90. The Morgan fingerprint density at radius 2 is 1.73 bits per heavy atom. The lowest BCUT2D eigenvalue weighted by Gasteiger charge is -2.19. The molecular weight excluding hydrogens is 584 g/mol. The van der Waals surface area contributed by atoms with Gasteiger partial charge in [-0.2, -0.15) is 13.5 Å². The zero-order valence-electron chi connectivity index (χ0n) is 23.3. The van der Waals surface area contributed by atoms with Crippen molar-refractivity contribution >= 4 is 56.4 Å². The predicted molar refractivity (Wildman–Crippen MR) is 166 cm³/mol. The van der Waals surface area contributed by atoms with Crippen LogP contribution in [0, 0.1) is 13.8 Å². The smallest absolute Gasteiger partial charge is 0.296 e. The standard InChI is InChI=1S/C31H24N6O6S/c1-16-6-7-17(2)25(12-16)36-37-29-27(44(41,42)43)15-22-21(30(29)40)9-11-24-28(22)33-31(32-24)18-4-3-5-19(13-18)34-35-23-10-8-20(38)14-26(23)39/h3-15,34,36-37,39H,1-2H3,(H,41,42,43)/b35-23-. The summed E-state index contributed by atoms with van der Waals surface area (Å²) in [5, 5.41) is 14.5. The van der Waals surface area contributed by atoms with Crippen LogP contribution in [0.15, 0.2) is 104 Å². The molecule has 13 heteroatoms. The number of carbonyl (C=O) groups is 2. The summed E-state index contributed by atoms with van der Waals surface area (Å²) in [6.45, 7) is 3.75. The number of ketones is 2. The molecule has 0 amide bonds. The van der Waals surface area contributed by atoms with Crippen LogP contribution in [0.25, 0.3) is 6.08 Å². The monoisotopic (exact) mass is 608 g/mol. The molecule has 3 aromatic rings. The molecule has 0 atom stereocenters. The first kappa shape index (κ1) is 28.5. The number of aliphatic hydroxyl groups is 1. The van der Waals surface area contributed by atoms with Crippen molar-refractivity contribution in [3.63, 3.8) is 0 Å². The van der Waals surface area contributed by atoms with Crippen molar-refractivity contribution in [1.29, 1.82) is 0 Å². The molecule has 44 heavy (non-hydrogen) atoms. The summed E-state index contributed by atoms with van der Waals surface area (Å²) < 4.78 is 35.0. The van der Waals surface area contributed by atoms with Crippen LogP contribution in [-0.2, 0) is 14.9 Å². The van der Waals surface area contributed by atoms with E-state index < -0.39 is 20.8 Å². The average molecular weight is 609 g/mol. The average Bonchev–Trinajstić information content (AvgIpc) is 3.42. The first-order valence-electron chi connectivity index (χ1n) is 13.2. The van der Waals surface area contributed by atoms with E-state index in [4.69, 9.17) is 0 Å². The maximum absolute atomic E-state index is 13.6. The van der Waals surface area contributed by atoms with Crippen molar-refractivity contribution < 1.29 is 27.7 Å². The van der Waals surface area contributed by atoms with E-state index in [0.29, 0.717) is 28.5 Å². The minimum absolute atomic E-state index is 0.179. The van der Waals surface area contributed by atoms with Gasteiger partial charge in [0.05, 0.1) is 22.4 Å². The number of benzene rings is 3. The SMILES string of the molecule is Cc1ccc(C)c(NNC2=C(S(=O)(=O)O)C=c3c(ccc4c3=NC(c3cccc(N/N=C5/C=CC(=O)C=C5O)c3)=N4)C2=O)c1. The maximum Gasteiger partial charge on any atom is 0.296 e. The molecule has 0 saturated carbocycles. The van der Waals surface area contributed by atoms with E-state index in [1.165, 1.54) is 24.3 Å². The van der Waals surface area contributed by atoms with Gasteiger partial charge in [0.25, 0.3) is 10.1 Å². The van der Waals surface area contributed by atoms with Crippen LogP contribution in [0.4, 0.5) is 17.1 Å². The molecule has 6 rings (SSSR count). The number of allylic oxidation sites excluding steroid dienone is 5. The fourth-order valence-corrected chi connectivity index (χ4v) is 5.41. The minimum atomic E-state index is -4.83. The van der Waals surface area contributed by atoms with E-state index in [1.54, 1.807) is 30.3 Å². The number of aliphatic imine (C=N–C) groups is 1. The number of Topliss-reactive ketones (excluding diaryl/α,β-unsaturated/α-hetero) is 1. The molecule has 0 fully saturated rings. The second-order valence-corrected chi connectivity index (χ2v) is 11.5. The summed E-state index contributed by atoms with van der Waals surface area (Å²) in [4.78, 5) is 33.5. The molecular formula is C31H24N6O6S. The molecule has 5 N–H and O–H groups in total. The number of nitrogens with one attached hydrogen (secondary N) is 3. The summed E-state index contributed by atoms with van der Waals surface area (Å²) in [5.41, 5.74) is 12.4. The van der Waals surface area contributed by atoms with E-state index in [-0.39, 0.29) is 39.1 Å². The fraction of sp³-hybridized carbons (Fsp3) is 0.0645. The number of amidine groups is 1. The molecule has 0 saturated heterocycles. The number of rotatable bonds is 7. The Morgan fingerprint density at radius 1 is 0.909 bits per heavy atom. The molecule has 1 heterocycles. The topological polar surface area (TPSA) is 182 Å². The molecule has 1 aliphatic heterocycles. The Bertz CT molecular complexity index is 2200. The summed E-state index contributed by atoms with van der Waals surface area (Å²) in [6.07, 6.45) is 4.94. The first-order valence-corrected chi connectivity index (χ1v) is 14.7. The number of hydrazone groups is 1. The number of nitrogens with zero attached hydrogens (tertiary/aromatic N) is 3. The van der Waals surface area contributed by atoms with Crippen molar-refractivity contribution in [2.24, 2.45) is 15.1 Å². The number of carbonyl (C=O) groups excluding carboxylic acids is 2. The Hall–Kier alpha value is -5.66. The van der Waals surface area contributed by atoms with Gasteiger partial charge in [0, 0.05) is 22.4 Å². The highest BCUT2D eigenvalue weighted by Crippen LogP contribution is 2.23. The lowest BCUT2D eigenvalue weighted by atomic mass is 9.99. The van der Waals surface area contributed by atoms with Crippen LogP contribution in [-0.4, -0.2) is 41.2 Å². The summed E-state index contributed by atoms with van der Waals surface area (Å²) >= 11 is 0. The number of hydrogen-bond donors (Lipinski definition) is 5. The number of hydrazine groups is 1. The highest BCUT2D eigenvalue weighted by Gasteiger charge is 2.30. The molecule has 0 bridgehead atoms. The number of aliphatic hydroxyl groups excluding tert-OH is 1. The summed E-state index contributed by atoms with van der Waals surface area (Å²) in [7, 11) is -4.83. The molecule has 3 aromatic carbocycles. The van der Waals surface area contributed by atoms with E-state index in [1.807, 2.05) is 32.0 Å². The van der Waals surface area contributed by atoms with Gasteiger partial charge in [-0.3, -0.25) is 25.0 Å². The number of fused-ring (bicyclic) bond motifs is 3. The van der Waals surface area contributed by atoms with Gasteiger partial charge >= 0.3 is 0 Å². The molecule has 2 aliphatic carbocycles. The largest absolute Gasteiger partial charge is 0.505 e. The van der Waals surface area contributed by atoms with Crippen LogP contribution in [0.1, 0.15) is 27.0 Å². The van der Waals surface area contributed by atoms with Crippen molar-refractivity contribution in [3.8, 4) is 0 Å². The first-order chi connectivity index (χ1) is 21.0. The second kappa shape index (κ2) is 10.9. The Kier molecular flexibility index (Phi) is 7.03. The summed E-state index contributed by atoms with van der Waals surface area (Å²) in [6, 6.07) is 15.7. The van der Waals surface area contributed by atoms with Gasteiger partial charge in [0.1, 0.15) is 22.1 Å². The van der Waals surface area contributed by atoms with Crippen molar-refractivity contribution in [2.45, 2.75) is 13.8 Å². The quantitative estimate of drug-likeness (QED) is 0.153. The van der Waals surface area contributed by atoms with Crippen LogP contribution in [0.2, 0.25) is 0 Å². The Balaban J connectivity index is 1.35. The van der Waals surface area contributed by atoms with Crippen LogP contribution in [0.3, 0.4) is 0 Å². The minimum Gasteiger partial charge on any atom is -0.505 e. The molecule has 0 unspecified atom stereocenters. The lowest BCUT2D eigenvalue weighted by Crippen LogP contribution is -2.39. The van der Waals surface area contributed by atoms with E-state index in [0.717, 1.165) is 17.2 Å². The molecule has 220 valence electrons. The molecule has 0 aromatic heterocycles. The maximum atomic E-state index is 13.6. The van der Waals surface area contributed by atoms with Crippen molar-refractivity contribution in [1.82, 2.24) is 5.43 Å². The predicted octanol–water partition coefficient (Wildman–Crippen LogP) is 3.06. The van der Waals surface area contributed by atoms with Gasteiger partial charge in [-0.1, -0.05) is 24.3 Å². The summed E-state index contributed by atoms with van der Waals surface area (Å²) in [5.74, 6) is -0.958. The zero-order valence-corrected chi connectivity index (χ0v) is 24.1. The van der Waals surface area contributed by atoms with Crippen LogP contribution >= 0.6 is 0 Å². The van der Waals surface area contributed by atoms with Gasteiger partial charge in [0.15, 0.2) is 11.6 Å². The van der Waals surface area contributed by atoms with Crippen molar-refractivity contribution in [2.75, 3.05) is 10.9 Å². The van der Waals surface area contributed by atoms with Gasteiger partial charge in [-0.05, 0) is 73.5 Å². The molecule has 0 spiro atoms. The second-order valence-electron chi connectivity index (χ2n) is 10.2. The lowest BCUT2D eigenvalue weighted by molar-refractivity contribution is -0.110. The van der Waals surface area contributed by atoms with E-state index in [9.17, 15) is 27.7 Å². The molecule has 12 nitrogen and oxygen atoms in total. The van der Waals surface area contributed by atoms with E-state index >= 15 is 0 Å². The van der Waals surface area contributed by atoms with E-state index in [2.05, 4.69) is 31.4 Å². The zero-order chi connectivity index (χ0) is 31.2. The molecule has 0 radical (unpaired) electrons. The van der Waals surface area contributed by atoms with Gasteiger partial charge < -0.3 is 10.5 Å². The van der Waals surface area contributed by atoms with Gasteiger partial charge in [-0.25, -0.2) is 9.98 Å². The third-order valence-corrected chi connectivity index (χ3v) is 7.88. The van der Waals surface area contributed by atoms with Crippen molar-refractivity contribution in [3.05, 3.63) is 122 Å². The number of hydrogen-bond acceptors (Lipinski definition) is 11. The number of aryl methyl sites for hydroxylation is 2. The number of anilines is 2. The Labute approximate surface area is 251 Å². The Morgan fingerprint density at radius 3 is 2.50 bits per heavy atom. The van der Waals surface area contributed by atoms with Gasteiger partial charge in [0.2, 0.25) is 5.78 Å². The third kappa shape index (κ3) is 5.44. The fourth-order valence-electron chi connectivity index (χ4n) is 4.74. The van der Waals surface area contributed by atoms with Crippen LogP contribution < -0.4 is 26.9 Å². The highest BCUT2D eigenvalue weighted by atomic mass is 32.2. The van der Waals surface area contributed by atoms with Crippen LogP contribution in [0.5, 0.6) is 0 Å². The third-order valence-electron chi connectivity index (χ3n) is 7.00. The molecule has 3 aliphatic rings. The normalized spacial score (nSPS) is 16.5.